The molecule has 0 unspecified atom stereocenters. The third-order valence-electron chi connectivity index (χ3n) is 3.45. The summed E-state index contributed by atoms with van der Waals surface area (Å²) in [5.41, 5.74) is 2.67. The highest BCUT2D eigenvalue weighted by Gasteiger charge is 2.22. The van der Waals surface area contributed by atoms with Gasteiger partial charge in [-0.1, -0.05) is 38.1 Å². The van der Waals surface area contributed by atoms with Crippen molar-refractivity contribution in [1.82, 2.24) is 10.6 Å². The number of methoxy groups -OCH3 is 1. The van der Waals surface area contributed by atoms with Crippen LogP contribution in [0, 0.1) is 6.92 Å². The maximum atomic E-state index is 5.06. The molecule has 0 radical (unpaired) electrons. The van der Waals surface area contributed by atoms with Crippen molar-refractivity contribution < 1.29 is 4.74 Å². The molecule has 0 amide bonds. The Bertz CT molecular complexity index is 461. The molecule has 2 N–H and O–H groups in total. The molecule has 22 heavy (non-hydrogen) atoms. The van der Waals surface area contributed by atoms with Gasteiger partial charge in [0.25, 0.3) is 0 Å². The van der Waals surface area contributed by atoms with Crippen molar-refractivity contribution in [2.24, 2.45) is 4.99 Å². The summed E-state index contributed by atoms with van der Waals surface area (Å²) in [6.45, 7) is 11.7. The van der Waals surface area contributed by atoms with Crippen molar-refractivity contribution in [1.29, 1.82) is 0 Å². The summed E-state index contributed by atoms with van der Waals surface area (Å²) in [6, 6.07) is 8.52. The molecule has 1 rings (SSSR count). The minimum Gasteiger partial charge on any atom is -0.383 e. The lowest BCUT2D eigenvalue weighted by atomic mass is 9.82. The van der Waals surface area contributed by atoms with E-state index >= 15 is 0 Å². The zero-order valence-corrected chi connectivity index (χ0v) is 16.7. The maximum absolute atomic E-state index is 5.06. The van der Waals surface area contributed by atoms with Crippen LogP contribution in [0.25, 0.3) is 0 Å². The molecule has 0 aromatic heterocycles. The van der Waals surface area contributed by atoms with Crippen molar-refractivity contribution >= 4 is 29.9 Å². The van der Waals surface area contributed by atoms with E-state index in [0.29, 0.717) is 6.61 Å². The minimum atomic E-state index is 0. The number of nitrogens with zero attached hydrogens (tertiary/aromatic N) is 1. The molecule has 0 spiro atoms. The zero-order valence-electron chi connectivity index (χ0n) is 14.4. The van der Waals surface area contributed by atoms with E-state index < -0.39 is 0 Å². The molecule has 0 bridgehead atoms. The molecular weight excluding hydrogens is 389 g/mol. The summed E-state index contributed by atoms with van der Waals surface area (Å²) < 4.78 is 5.06. The summed E-state index contributed by atoms with van der Waals surface area (Å²) >= 11 is 0. The highest BCUT2D eigenvalue weighted by atomic mass is 127. The number of nitrogens with one attached hydrogen (secondary N) is 2. The van der Waals surface area contributed by atoms with E-state index in [2.05, 4.69) is 62.6 Å². The van der Waals surface area contributed by atoms with Gasteiger partial charge in [-0.05, 0) is 25.0 Å². The molecule has 4 nitrogen and oxygen atoms in total. The van der Waals surface area contributed by atoms with Crippen molar-refractivity contribution in [2.75, 3.05) is 33.4 Å². The molecule has 126 valence electrons. The van der Waals surface area contributed by atoms with Gasteiger partial charge < -0.3 is 15.4 Å². The van der Waals surface area contributed by atoms with Crippen LogP contribution < -0.4 is 10.6 Å². The predicted octanol–water partition coefficient (Wildman–Crippen LogP) is 3.09. The molecule has 0 aliphatic rings. The largest absolute Gasteiger partial charge is 0.383 e. The van der Waals surface area contributed by atoms with Gasteiger partial charge >= 0.3 is 0 Å². The fourth-order valence-corrected chi connectivity index (χ4v) is 2.31. The zero-order chi connectivity index (χ0) is 15.7. The number of rotatable bonds is 7. The smallest absolute Gasteiger partial charge is 0.191 e. The van der Waals surface area contributed by atoms with Crippen LogP contribution in [0.4, 0.5) is 0 Å². The molecule has 0 heterocycles. The van der Waals surface area contributed by atoms with Crippen LogP contribution in [0.3, 0.4) is 0 Å². The third-order valence-corrected chi connectivity index (χ3v) is 3.45. The Morgan fingerprint density at radius 2 is 1.91 bits per heavy atom. The Morgan fingerprint density at radius 3 is 2.50 bits per heavy atom. The Labute approximate surface area is 152 Å². The molecule has 5 heteroatoms. The van der Waals surface area contributed by atoms with Crippen LogP contribution in [0.2, 0.25) is 0 Å². The Morgan fingerprint density at radius 1 is 1.23 bits per heavy atom. The highest BCUT2D eigenvalue weighted by molar-refractivity contribution is 14.0. The second-order valence-corrected chi connectivity index (χ2v) is 5.81. The number of ether oxygens (including phenoxy) is 1. The van der Waals surface area contributed by atoms with Crippen LogP contribution in [-0.2, 0) is 10.2 Å². The van der Waals surface area contributed by atoms with Gasteiger partial charge in [0, 0.05) is 25.6 Å². The van der Waals surface area contributed by atoms with E-state index in [1.165, 1.54) is 11.1 Å². The molecule has 1 aromatic carbocycles. The monoisotopic (exact) mass is 419 g/mol. The number of hydrogen-bond donors (Lipinski definition) is 2. The van der Waals surface area contributed by atoms with Gasteiger partial charge in [0.2, 0.25) is 0 Å². The second kappa shape index (κ2) is 10.8. The van der Waals surface area contributed by atoms with Crippen LogP contribution in [0.1, 0.15) is 31.9 Å². The first-order valence-electron chi connectivity index (χ1n) is 7.58. The lowest BCUT2D eigenvalue weighted by Crippen LogP contribution is -2.40. The van der Waals surface area contributed by atoms with Gasteiger partial charge in [-0.3, -0.25) is 4.99 Å². The van der Waals surface area contributed by atoms with Gasteiger partial charge in [0.05, 0.1) is 13.2 Å². The quantitative estimate of drug-likeness (QED) is 0.309. The van der Waals surface area contributed by atoms with Crippen molar-refractivity contribution in [3.05, 3.63) is 35.4 Å². The van der Waals surface area contributed by atoms with Crippen molar-refractivity contribution in [3.8, 4) is 0 Å². The number of aliphatic imine (C=N–C) groups is 1. The van der Waals surface area contributed by atoms with Gasteiger partial charge in [0.15, 0.2) is 5.96 Å². The summed E-state index contributed by atoms with van der Waals surface area (Å²) in [5, 5.41) is 6.54. The van der Waals surface area contributed by atoms with Crippen LogP contribution in [-0.4, -0.2) is 39.3 Å². The first-order valence-corrected chi connectivity index (χ1v) is 7.58. The number of guanidine groups is 1. The normalized spacial score (nSPS) is 11.8. The SMILES string of the molecule is CCNC(=NCC(C)(C)c1ccccc1C)NCCOC.I. The molecule has 0 fully saturated rings. The first kappa shape index (κ1) is 21.2. The highest BCUT2D eigenvalue weighted by Crippen LogP contribution is 2.26. The number of halogens is 1. The first-order chi connectivity index (χ1) is 10.0. The van der Waals surface area contributed by atoms with E-state index in [9.17, 15) is 0 Å². The second-order valence-electron chi connectivity index (χ2n) is 5.81. The molecular formula is C17H30IN3O. The molecule has 0 saturated carbocycles. The van der Waals surface area contributed by atoms with Crippen molar-refractivity contribution in [3.63, 3.8) is 0 Å². The van der Waals surface area contributed by atoms with E-state index in [-0.39, 0.29) is 29.4 Å². The Hall–Kier alpha value is -0.820. The van der Waals surface area contributed by atoms with Gasteiger partial charge in [-0.2, -0.15) is 0 Å². The molecule has 0 atom stereocenters. The third kappa shape index (κ3) is 6.96. The summed E-state index contributed by atoms with van der Waals surface area (Å²) in [4.78, 5) is 4.71. The molecule has 1 aromatic rings. The Kier molecular flexibility index (Phi) is 10.4. The topological polar surface area (TPSA) is 45.7 Å². The van der Waals surface area contributed by atoms with Crippen LogP contribution in [0.15, 0.2) is 29.3 Å². The predicted molar refractivity (Wildman–Crippen MR) is 105 cm³/mol. The standard InChI is InChI=1S/C17H29N3O.HI/c1-6-18-16(19-11-12-21-5)20-13-17(3,4)15-10-8-7-9-14(15)2;/h7-10H,6,11-13H2,1-5H3,(H2,18,19,20);1H. The van der Waals surface area contributed by atoms with Crippen LogP contribution in [0.5, 0.6) is 0 Å². The minimum absolute atomic E-state index is 0. The number of aryl methyl sites for hydroxylation is 1. The average Bonchev–Trinajstić information content (AvgIpc) is 2.45. The van der Waals surface area contributed by atoms with Crippen molar-refractivity contribution in [2.45, 2.75) is 33.1 Å². The average molecular weight is 419 g/mol. The molecule has 0 saturated heterocycles. The van der Waals surface area contributed by atoms with E-state index in [1.807, 2.05) is 0 Å². The summed E-state index contributed by atoms with van der Waals surface area (Å²) in [5.74, 6) is 0.844. The van der Waals surface area contributed by atoms with Gasteiger partial charge in [-0.25, -0.2) is 0 Å². The maximum Gasteiger partial charge on any atom is 0.191 e. The van der Waals surface area contributed by atoms with E-state index in [1.54, 1.807) is 7.11 Å². The van der Waals surface area contributed by atoms with Gasteiger partial charge in [-0.15, -0.1) is 24.0 Å². The summed E-state index contributed by atoms with van der Waals surface area (Å²) in [6.07, 6.45) is 0. The van der Waals surface area contributed by atoms with E-state index in [4.69, 9.17) is 9.73 Å². The summed E-state index contributed by atoms with van der Waals surface area (Å²) in [7, 11) is 1.70. The number of benzene rings is 1. The number of hydrogen-bond acceptors (Lipinski definition) is 2. The Balaban J connectivity index is 0.00000441. The molecule has 0 aliphatic carbocycles. The fourth-order valence-electron chi connectivity index (χ4n) is 2.31. The fraction of sp³-hybridized carbons (Fsp3) is 0.588. The van der Waals surface area contributed by atoms with Crippen LogP contribution >= 0.6 is 24.0 Å². The van der Waals surface area contributed by atoms with E-state index in [0.717, 1.165) is 25.6 Å². The van der Waals surface area contributed by atoms with Gasteiger partial charge in [0.1, 0.15) is 0 Å². The lowest BCUT2D eigenvalue weighted by molar-refractivity contribution is 0.203. The molecule has 0 aliphatic heterocycles. The lowest BCUT2D eigenvalue weighted by Gasteiger charge is -2.25.